The molecule has 0 fully saturated rings. The highest BCUT2D eigenvalue weighted by atomic mass is 35.5. The summed E-state index contributed by atoms with van der Waals surface area (Å²) in [5, 5.41) is -0.559. The van der Waals surface area contributed by atoms with Crippen molar-refractivity contribution in [2.75, 3.05) is 4.72 Å². The predicted octanol–water partition coefficient (Wildman–Crippen LogP) is 2.86. The van der Waals surface area contributed by atoms with E-state index < -0.39 is 32.4 Å². The smallest absolute Gasteiger partial charge is 0.265 e. The van der Waals surface area contributed by atoms with Crippen LogP contribution in [-0.4, -0.2) is 18.4 Å². The third kappa shape index (κ3) is 3.14. The molecule has 0 saturated heterocycles. The van der Waals surface area contributed by atoms with Gasteiger partial charge in [-0.15, -0.1) is 0 Å². The molecule has 1 aromatic heterocycles. The van der Waals surface area contributed by atoms with E-state index in [-0.39, 0.29) is 10.2 Å². The van der Waals surface area contributed by atoms with E-state index in [1.54, 1.807) is 0 Å². The van der Waals surface area contributed by atoms with Crippen molar-refractivity contribution in [3.63, 3.8) is 0 Å². The number of aromatic nitrogens is 2. The van der Waals surface area contributed by atoms with E-state index in [1.807, 2.05) is 4.72 Å². The van der Waals surface area contributed by atoms with E-state index in [0.29, 0.717) is 6.07 Å². The summed E-state index contributed by atoms with van der Waals surface area (Å²) < 4.78 is 52.2. The van der Waals surface area contributed by atoms with Gasteiger partial charge in [-0.3, -0.25) is 4.72 Å². The van der Waals surface area contributed by atoms with Crippen molar-refractivity contribution in [1.82, 2.24) is 9.97 Å². The zero-order valence-electron chi connectivity index (χ0n) is 9.44. The molecule has 5 nitrogen and oxygen atoms in total. The number of hydrogen-bond donors (Lipinski definition) is 1. The van der Waals surface area contributed by atoms with E-state index in [9.17, 15) is 17.2 Å². The van der Waals surface area contributed by atoms with Crippen LogP contribution in [0.25, 0.3) is 0 Å². The Morgan fingerprint density at radius 2 is 1.70 bits per heavy atom. The molecule has 0 bridgehead atoms. The summed E-state index contributed by atoms with van der Waals surface area (Å²) in [7, 11) is -4.17. The molecule has 0 aliphatic rings. The fourth-order valence-corrected chi connectivity index (χ4v) is 2.64. The quantitative estimate of drug-likeness (QED) is 0.872. The zero-order valence-corrected chi connectivity index (χ0v) is 11.8. The summed E-state index contributed by atoms with van der Waals surface area (Å²) in [6, 6.07) is 1.28. The molecule has 0 aliphatic carbocycles. The van der Waals surface area contributed by atoms with Crippen molar-refractivity contribution >= 4 is 38.9 Å². The van der Waals surface area contributed by atoms with Crippen LogP contribution in [0.2, 0.25) is 10.3 Å². The van der Waals surface area contributed by atoms with Gasteiger partial charge < -0.3 is 0 Å². The van der Waals surface area contributed by atoms with Crippen LogP contribution in [0.1, 0.15) is 0 Å². The molecule has 0 aliphatic heterocycles. The summed E-state index contributed by atoms with van der Waals surface area (Å²) in [6.07, 6.45) is 1.87. The van der Waals surface area contributed by atoms with Gasteiger partial charge in [-0.1, -0.05) is 11.6 Å². The summed E-state index contributed by atoms with van der Waals surface area (Å²) in [5.41, 5.74) is -0.567. The lowest BCUT2D eigenvalue weighted by molar-refractivity contribution is 0.582. The summed E-state index contributed by atoms with van der Waals surface area (Å²) in [4.78, 5) is 6.64. The van der Waals surface area contributed by atoms with E-state index >= 15 is 0 Å². The predicted molar refractivity (Wildman–Crippen MR) is 69.2 cm³/mol. The molecule has 1 aromatic carbocycles. The lowest BCUT2D eigenvalue weighted by Gasteiger charge is -2.10. The van der Waals surface area contributed by atoms with E-state index in [2.05, 4.69) is 9.97 Å². The number of anilines is 1. The number of hydrogen-bond acceptors (Lipinski definition) is 4. The molecule has 0 saturated carbocycles. The Labute approximate surface area is 122 Å². The molecule has 10 heteroatoms. The van der Waals surface area contributed by atoms with E-state index in [4.69, 9.17) is 23.2 Å². The molecular formula is C10H5Cl2F2N3O2S. The first-order chi connectivity index (χ1) is 9.29. The van der Waals surface area contributed by atoms with Gasteiger partial charge in [0.1, 0.15) is 16.4 Å². The normalized spacial score (nSPS) is 11.4. The molecule has 2 rings (SSSR count). The van der Waals surface area contributed by atoms with Gasteiger partial charge in [0.05, 0.1) is 17.4 Å². The summed E-state index contributed by atoms with van der Waals surface area (Å²) in [6.45, 7) is 0. The van der Waals surface area contributed by atoms with Crippen molar-refractivity contribution in [2.45, 2.75) is 4.90 Å². The molecule has 106 valence electrons. The molecule has 1 heterocycles. The van der Waals surface area contributed by atoms with Crippen molar-refractivity contribution in [3.05, 3.63) is 46.5 Å². The molecule has 1 N–H and O–H groups in total. The maximum Gasteiger partial charge on any atom is 0.265 e. The second kappa shape index (κ2) is 5.47. The summed E-state index contributed by atoms with van der Waals surface area (Å²) >= 11 is 11.0. The Morgan fingerprint density at radius 1 is 1.10 bits per heavy atom. The average molecular weight is 340 g/mol. The minimum Gasteiger partial charge on any atom is -0.275 e. The van der Waals surface area contributed by atoms with Crippen LogP contribution < -0.4 is 4.72 Å². The molecule has 2 aromatic rings. The third-order valence-electron chi connectivity index (χ3n) is 2.15. The fraction of sp³-hybridized carbons (Fsp3) is 0. The van der Waals surface area contributed by atoms with Crippen LogP contribution in [0.5, 0.6) is 0 Å². The third-order valence-corrected chi connectivity index (χ3v) is 3.95. The fourth-order valence-electron chi connectivity index (χ4n) is 1.27. The molecule has 0 atom stereocenters. The number of nitrogens with zero attached hydrogens (tertiary/aromatic N) is 2. The highest BCUT2D eigenvalue weighted by molar-refractivity contribution is 7.92. The molecule has 0 amide bonds. The van der Waals surface area contributed by atoms with Gasteiger partial charge >= 0.3 is 0 Å². The van der Waals surface area contributed by atoms with Crippen molar-refractivity contribution in [1.29, 1.82) is 0 Å². The van der Waals surface area contributed by atoms with Gasteiger partial charge in [0, 0.05) is 6.07 Å². The second-order valence-electron chi connectivity index (χ2n) is 3.54. The monoisotopic (exact) mass is 339 g/mol. The highest BCUT2D eigenvalue weighted by Gasteiger charge is 2.20. The van der Waals surface area contributed by atoms with Crippen LogP contribution in [0, 0.1) is 11.6 Å². The minimum atomic E-state index is -4.17. The Hall–Kier alpha value is -1.51. The molecular weight excluding hydrogens is 335 g/mol. The Balaban J connectivity index is 2.41. The highest BCUT2D eigenvalue weighted by Crippen LogP contribution is 2.28. The number of nitrogens with one attached hydrogen (secondary N) is 1. The lowest BCUT2D eigenvalue weighted by atomic mass is 10.3. The number of sulfonamides is 1. The molecule has 0 spiro atoms. The van der Waals surface area contributed by atoms with Crippen molar-refractivity contribution in [2.24, 2.45) is 0 Å². The van der Waals surface area contributed by atoms with Gasteiger partial charge in [-0.2, -0.15) is 0 Å². The summed E-state index contributed by atoms with van der Waals surface area (Å²) in [5.74, 6) is -2.07. The SMILES string of the molecule is O=S(=O)(Nc1c(F)cc(F)cc1Cl)c1cnc(Cl)nc1. The van der Waals surface area contributed by atoms with Crippen LogP contribution in [0.3, 0.4) is 0 Å². The molecule has 0 unspecified atom stereocenters. The molecule has 20 heavy (non-hydrogen) atoms. The maximum absolute atomic E-state index is 13.5. The van der Waals surface area contributed by atoms with Crippen molar-refractivity contribution in [3.8, 4) is 0 Å². The maximum atomic E-state index is 13.5. The van der Waals surface area contributed by atoms with Crippen LogP contribution in [-0.2, 0) is 10.0 Å². The number of rotatable bonds is 3. The first kappa shape index (κ1) is 14.9. The van der Waals surface area contributed by atoms with Crippen molar-refractivity contribution < 1.29 is 17.2 Å². The second-order valence-corrected chi connectivity index (χ2v) is 5.97. The Morgan fingerprint density at radius 3 is 2.25 bits per heavy atom. The van der Waals surface area contributed by atoms with Gasteiger partial charge in [-0.25, -0.2) is 27.2 Å². The van der Waals surface area contributed by atoms with Gasteiger partial charge in [0.15, 0.2) is 5.82 Å². The van der Waals surface area contributed by atoms with Gasteiger partial charge in [0.25, 0.3) is 10.0 Å². The van der Waals surface area contributed by atoms with Crippen LogP contribution in [0.4, 0.5) is 14.5 Å². The zero-order chi connectivity index (χ0) is 14.9. The first-order valence-electron chi connectivity index (χ1n) is 4.94. The van der Waals surface area contributed by atoms with Crippen LogP contribution in [0.15, 0.2) is 29.4 Å². The molecule has 0 radical (unpaired) electrons. The Bertz CT molecular complexity index is 731. The first-order valence-corrected chi connectivity index (χ1v) is 7.18. The lowest BCUT2D eigenvalue weighted by Crippen LogP contribution is -2.15. The largest absolute Gasteiger partial charge is 0.275 e. The van der Waals surface area contributed by atoms with E-state index in [0.717, 1.165) is 18.5 Å². The van der Waals surface area contributed by atoms with Crippen LogP contribution >= 0.6 is 23.2 Å². The average Bonchev–Trinajstić information content (AvgIpc) is 2.34. The number of halogens is 4. The van der Waals surface area contributed by atoms with E-state index in [1.165, 1.54) is 0 Å². The topological polar surface area (TPSA) is 72.0 Å². The van der Waals surface area contributed by atoms with Gasteiger partial charge in [0.2, 0.25) is 5.28 Å². The minimum absolute atomic E-state index is 0.144. The Kier molecular flexibility index (Phi) is 4.07. The standard InChI is InChI=1S/C10H5Cl2F2N3O2S/c11-7-1-5(13)2-8(14)9(7)17-20(18,19)6-3-15-10(12)16-4-6/h1-4,17H. The number of benzene rings is 1. The van der Waals surface area contributed by atoms with Gasteiger partial charge in [-0.05, 0) is 17.7 Å².